The van der Waals surface area contributed by atoms with Crippen LogP contribution in [0.15, 0.2) is 70.1 Å². The summed E-state index contributed by atoms with van der Waals surface area (Å²) in [6, 6.07) is 15.2. The molecule has 0 atom stereocenters. The summed E-state index contributed by atoms with van der Waals surface area (Å²) in [5, 5.41) is 0. The Morgan fingerprint density at radius 2 is 1.57 bits per heavy atom. The van der Waals surface area contributed by atoms with E-state index in [1.54, 1.807) is 18.3 Å². The molecule has 3 aromatic rings. The number of nitrogens with zero attached hydrogens (tertiary/aromatic N) is 1. The number of aromatic nitrogens is 1. The van der Waals surface area contributed by atoms with Gasteiger partial charge in [-0.2, -0.15) is 8.42 Å². The Balaban J connectivity index is 1.94. The van der Waals surface area contributed by atoms with Gasteiger partial charge in [0.25, 0.3) is 10.1 Å². The Labute approximate surface area is 121 Å². The van der Waals surface area contributed by atoms with Gasteiger partial charge in [0.05, 0.1) is 11.1 Å². The van der Waals surface area contributed by atoms with Crippen LogP contribution in [0.4, 0.5) is 0 Å². The van der Waals surface area contributed by atoms with Gasteiger partial charge in [0.1, 0.15) is 0 Å². The van der Waals surface area contributed by atoms with E-state index in [0.29, 0.717) is 17.2 Å². The van der Waals surface area contributed by atoms with Crippen molar-refractivity contribution in [3.8, 4) is 22.8 Å². The van der Waals surface area contributed by atoms with Crippen LogP contribution in [0.3, 0.4) is 0 Å². The summed E-state index contributed by atoms with van der Waals surface area (Å²) in [7, 11) is -4.19. The van der Waals surface area contributed by atoms with Gasteiger partial charge >= 0.3 is 0 Å². The molecule has 5 nitrogen and oxygen atoms in total. The SMILES string of the molecule is O=S(=O)(O)c1ccc(-c2cnc(-c3ccccc3)o2)cc1. The van der Waals surface area contributed by atoms with Gasteiger partial charge in [0.2, 0.25) is 5.89 Å². The van der Waals surface area contributed by atoms with Gasteiger partial charge in [-0.05, 0) is 36.4 Å². The lowest BCUT2D eigenvalue weighted by molar-refractivity contribution is 0.483. The zero-order chi connectivity index (χ0) is 14.9. The third-order valence-corrected chi connectivity index (χ3v) is 3.83. The van der Waals surface area contributed by atoms with Crippen LogP contribution in [0, 0.1) is 0 Å². The van der Waals surface area contributed by atoms with Crippen LogP contribution in [0.5, 0.6) is 0 Å². The zero-order valence-corrected chi connectivity index (χ0v) is 11.6. The number of benzene rings is 2. The highest BCUT2D eigenvalue weighted by Crippen LogP contribution is 2.26. The van der Waals surface area contributed by atoms with Gasteiger partial charge < -0.3 is 4.42 Å². The van der Waals surface area contributed by atoms with Gasteiger partial charge in [0, 0.05) is 11.1 Å². The standard InChI is InChI=1S/C15H11NO4S/c17-21(18,19)13-8-6-11(7-9-13)14-10-16-15(20-14)12-4-2-1-3-5-12/h1-10H,(H,17,18,19). The smallest absolute Gasteiger partial charge is 0.294 e. The van der Waals surface area contributed by atoms with Gasteiger partial charge in [-0.1, -0.05) is 18.2 Å². The van der Waals surface area contributed by atoms with E-state index in [0.717, 1.165) is 5.56 Å². The number of hydrogen-bond donors (Lipinski definition) is 1. The highest BCUT2D eigenvalue weighted by Gasteiger charge is 2.11. The van der Waals surface area contributed by atoms with Crippen LogP contribution in [0.2, 0.25) is 0 Å². The summed E-state index contributed by atoms with van der Waals surface area (Å²) in [6.45, 7) is 0. The summed E-state index contributed by atoms with van der Waals surface area (Å²) in [6.07, 6.45) is 1.57. The summed E-state index contributed by atoms with van der Waals surface area (Å²) in [4.78, 5) is 4.04. The molecule has 0 aliphatic rings. The van der Waals surface area contributed by atoms with Gasteiger partial charge in [0.15, 0.2) is 5.76 Å². The highest BCUT2D eigenvalue weighted by atomic mass is 32.2. The monoisotopic (exact) mass is 301 g/mol. The van der Waals surface area contributed by atoms with Crippen molar-refractivity contribution in [2.45, 2.75) is 4.90 Å². The van der Waals surface area contributed by atoms with E-state index in [-0.39, 0.29) is 4.90 Å². The van der Waals surface area contributed by atoms with E-state index < -0.39 is 10.1 Å². The lowest BCUT2D eigenvalue weighted by Crippen LogP contribution is -1.96. The first-order valence-corrected chi connectivity index (χ1v) is 7.57. The van der Waals surface area contributed by atoms with E-state index >= 15 is 0 Å². The predicted octanol–water partition coefficient (Wildman–Crippen LogP) is 3.26. The van der Waals surface area contributed by atoms with Crippen molar-refractivity contribution in [3.63, 3.8) is 0 Å². The van der Waals surface area contributed by atoms with Crippen molar-refractivity contribution in [2.24, 2.45) is 0 Å². The number of rotatable bonds is 3. The van der Waals surface area contributed by atoms with Crippen molar-refractivity contribution < 1.29 is 17.4 Å². The van der Waals surface area contributed by atoms with Crippen LogP contribution >= 0.6 is 0 Å². The van der Waals surface area contributed by atoms with E-state index in [1.807, 2.05) is 30.3 Å². The molecule has 0 aliphatic carbocycles. The maximum absolute atomic E-state index is 11.0. The highest BCUT2D eigenvalue weighted by molar-refractivity contribution is 7.85. The first-order chi connectivity index (χ1) is 10.0. The Bertz CT molecular complexity index is 852. The van der Waals surface area contributed by atoms with E-state index in [9.17, 15) is 8.42 Å². The van der Waals surface area contributed by atoms with Crippen molar-refractivity contribution >= 4 is 10.1 Å². The van der Waals surface area contributed by atoms with Crippen molar-refractivity contribution in [3.05, 3.63) is 60.8 Å². The summed E-state index contributed by atoms with van der Waals surface area (Å²) in [5.74, 6) is 1.01. The van der Waals surface area contributed by atoms with Gasteiger partial charge in [-0.15, -0.1) is 0 Å². The zero-order valence-electron chi connectivity index (χ0n) is 10.8. The predicted molar refractivity (Wildman–Crippen MR) is 77.2 cm³/mol. The maximum Gasteiger partial charge on any atom is 0.294 e. The molecule has 0 saturated heterocycles. The fraction of sp³-hybridized carbons (Fsp3) is 0. The van der Waals surface area contributed by atoms with Crippen molar-refractivity contribution in [1.29, 1.82) is 0 Å². The summed E-state index contributed by atoms with van der Waals surface area (Å²) >= 11 is 0. The first kappa shape index (κ1) is 13.5. The summed E-state index contributed by atoms with van der Waals surface area (Å²) in [5.41, 5.74) is 1.54. The molecule has 21 heavy (non-hydrogen) atoms. The molecule has 2 aromatic carbocycles. The Hall–Kier alpha value is -2.44. The van der Waals surface area contributed by atoms with Crippen LogP contribution < -0.4 is 0 Å². The average molecular weight is 301 g/mol. The molecule has 0 fully saturated rings. The molecule has 0 aliphatic heterocycles. The number of oxazole rings is 1. The lowest BCUT2D eigenvalue weighted by Gasteiger charge is -1.99. The molecule has 1 aromatic heterocycles. The fourth-order valence-corrected chi connectivity index (χ4v) is 2.39. The van der Waals surface area contributed by atoms with Crippen LogP contribution in [0.25, 0.3) is 22.8 Å². The van der Waals surface area contributed by atoms with Crippen LogP contribution in [0.1, 0.15) is 0 Å². The quantitative estimate of drug-likeness (QED) is 0.751. The first-order valence-electron chi connectivity index (χ1n) is 6.13. The van der Waals surface area contributed by atoms with Crippen LogP contribution in [-0.4, -0.2) is 18.0 Å². The molecule has 1 N–H and O–H groups in total. The second-order valence-corrected chi connectivity index (χ2v) is 5.82. The third kappa shape index (κ3) is 2.86. The molecule has 0 bridgehead atoms. The molecule has 3 rings (SSSR count). The largest absolute Gasteiger partial charge is 0.436 e. The molecule has 0 saturated carbocycles. The topological polar surface area (TPSA) is 80.4 Å². The molecule has 6 heteroatoms. The Kier molecular flexibility index (Phi) is 3.32. The maximum atomic E-state index is 11.0. The fourth-order valence-electron chi connectivity index (χ4n) is 1.91. The van der Waals surface area contributed by atoms with Gasteiger partial charge in [-0.3, -0.25) is 4.55 Å². The molecule has 0 unspecified atom stereocenters. The molecule has 0 amide bonds. The molecule has 0 radical (unpaired) electrons. The molecule has 106 valence electrons. The normalized spacial score (nSPS) is 11.5. The average Bonchev–Trinajstić information content (AvgIpc) is 2.97. The lowest BCUT2D eigenvalue weighted by atomic mass is 10.2. The molecule has 0 spiro atoms. The summed E-state index contributed by atoms with van der Waals surface area (Å²) < 4.78 is 36.6. The molecular formula is C15H11NO4S. The van der Waals surface area contributed by atoms with Gasteiger partial charge in [-0.25, -0.2) is 4.98 Å². The van der Waals surface area contributed by atoms with E-state index in [2.05, 4.69) is 4.98 Å². The Morgan fingerprint density at radius 3 is 2.19 bits per heavy atom. The van der Waals surface area contributed by atoms with Crippen molar-refractivity contribution in [2.75, 3.05) is 0 Å². The second-order valence-electron chi connectivity index (χ2n) is 4.40. The van der Waals surface area contributed by atoms with Crippen molar-refractivity contribution in [1.82, 2.24) is 4.98 Å². The minimum atomic E-state index is -4.19. The third-order valence-electron chi connectivity index (χ3n) is 2.96. The minimum absolute atomic E-state index is 0.158. The Morgan fingerprint density at radius 1 is 0.905 bits per heavy atom. The van der Waals surface area contributed by atoms with E-state index in [1.165, 1.54) is 12.1 Å². The van der Waals surface area contributed by atoms with Crippen LogP contribution in [-0.2, 0) is 10.1 Å². The van der Waals surface area contributed by atoms with E-state index in [4.69, 9.17) is 8.97 Å². The molecular weight excluding hydrogens is 290 g/mol. The second kappa shape index (κ2) is 5.16. The minimum Gasteiger partial charge on any atom is -0.436 e. The number of hydrogen-bond acceptors (Lipinski definition) is 4. The molecule has 1 heterocycles.